The summed E-state index contributed by atoms with van der Waals surface area (Å²) in [5, 5.41) is 2.69. The van der Waals surface area contributed by atoms with Gasteiger partial charge in [0.05, 0.1) is 18.9 Å². The van der Waals surface area contributed by atoms with Gasteiger partial charge in [0.1, 0.15) is 12.3 Å². The first-order valence-corrected chi connectivity index (χ1v) is 9.14. The van der Waals surface area contributed by atoms with E-state index in [4.69, 9.17) is 9.15 Å². The summed E-state index contributed by atoms with van der Waals surface area (Å²) in [5.41, 5.74) is 1.25. The molecule has 1 aliphatic rings. The number of furan rings is 1. The van der Waals surface area contributed by atoms with Gasteiger partial charge in [-0.2, -0.15) is 0 Å². The van der Waals surface area contributed by atoms with Crippen LogP contribution in [0.4, 0.5) is 4.39 Å². The fourth-order valence-electron chi connectivity index (χ4n) is 3.20. The zero-order valence-electron chi connectivity index (χ0n) is 16.0. The first-order chi connectivity index (χ1) is 13.5. The van der Waals surface area contributed by atoms with E-state index in [1.165, 1.54) is 25.7 Å². The van der Waals surface area contributed by atoms with E-state index in [1.807, 2.05) is 6.07 Å². The van der Waals surface area contributed by atoms with Gasteiger partial charge in [0.25, 0.3) is 5.91 Å². The van der Waals surface area contributed by atoms with E-state index in [1.54, 1.807) is 24.0 Å². The highest BCUT2D eigenvalue weighted by atomic mass is 19.1. The van der Waals surface area contributed by atoms with Crippen LogP contribution in [0, 0.1) is 5.82 Å². The molecule has 0 aliphatic carbocycles. The molecule has 28 heavy (non-hydrogen) atoms. The van der Waals surface area contributed by atoms with E-state index in [0.717, 1.165) is 5.56 Å². The zero-order chi connectivity index (χ0) is 20.1. The van der Waals surface area contributed by atoms with Crippen molar-refractivity contribution in [3.63, 3.8) is 0 Å². The molecule has 0 saturated carbocycles. The predicted molar refractivity (Wildman–Crippen MR) is 100 cm³/mol. The number of piperazine rings is 1. The van der Waals surface area contributed by atoms with E-state index >= 15 is 0 Å². The monoisotopic (exact) mass is 389 g/mol. The van der Waals surface area contributed by atoms with Crippen molar-refractivity contribution in [3.8, 4) is 5.75 Å². The summed E-state index contributed by atoms with van der Waals surface area (Å²) < 4.78 is 23.6. The topological polar surface area (TPSA) is 75.0 Å². The number of hydrogen-bond donors (Lipinski definition) is 1. The minimum absolute atomic E-state index is 0.119. The Hall–Kier alpha value is -2.87. The van der Waals surface area contributed by atoms with Crippen LogP contribution in [0.2, 0.25) is 0 Å². The van der Waals surface area contributed by atoms with Crippen molar-refractivity contribution in [2.75, 3.05) is 33.3 Å². The van der Waals surface area contributed by atoms with Crippen molar-refractivity contribution in [3.05, 3.63) is 53.7 Å². The summed E-state index contributed by atoms with van der Waals surface area (Å²) in [4.78, 5) is 28.5. The van der Waals surface area contributed by atoms with Gasteiger partial charge in [0.2, 0.25) is 5.91 Å². The molecule has 1 atom stereocenters. The fourth-order valence-corrected chi connectivity index (χ4v) is 3.20. The quantitative estimate of drug-likeness (QED) is 0.817. The molecule has 1 N–H and O–H groups in total. The second-order valence-electron chi connectivity index (χ2n) is 6.78. The van der Waals surface area contributed by atoms with E-state index in [0.29, 0.717) is 38.3 Å². The van der Waals surface area contributed by atoms with Gasteiger partial charge < -0.3 is 19.4 Å². The van der Waals surface area contributed by atoms with Crippen molar-refractivity contribution in [1.29, 1.82) is 0 Å². The van der Waals surface area contributed by atoms with Gasteiger partial charge in [-0.1, -0.05) is 6.07 Å². The number of benzene rings is 1. The molecule has 2 aromatic rings. The molecule has 8 heteroatoms. The number of carbonyl (C=O) groups excluding carboxylic acids is 2. The van der Waals surface area contributed by atoms with Gasteiger partial charge in [-0.05, 0) is 30.7 Å². The molecule has 1 fully saturated rings. The van der Waals surface area contributed by atoms with Crippen LogP contribution >= 0.6 is 0 Å². The molecule has 0 bridgehead atoms. The highest BCUT2D eigenvalue weighted by Crippen LogP contribution is 2.19. The lowest BCUT2D eigenvalue weighted by atomic mass is 10.1. The number of rotatable bonds is 6. The van der Waals surface area contributed by atoms with Gasteiger partial charge in [-0.25, -0.2) is 4.39 Å². The average Bonchev–Trinajstić information content (AvgIpc) is 3.23. The lowest BCUT2D eigenvalue weighted by Gasteiger charge is -2.36. The van der Waals surface area contributed by atoms with E-state index in [-0.39, 0.29) is 23.4 Å². The third-order valence-corrected chi connectivity index (χ3v) is 4.81. The van der Waals surface area contributed by atoms with Crippen LogP contribution < -0.4 is 10.1 Å². The second-order valence-corrected chi connectivity index (χ2v) is 6.78. The Bertz CT molecular complexity index is 817. The molecule has 2 heterocycles. The van der Waals surface area contributed by atoms with Gasteiger partial charge in [-0.15, -0.1) is 0 Å². The molecule has 150 valence electrons. The summed E-state index contributed by atoms with van der Waals surface area (Å²) in [7, 11) is 1.44. The molecule has 1 aromatic carbocycles. The number of hydrogen-bond acceptors (Lipinski definition) is 5. The summed E-state index contributed by atoms with van der Waals surface area (Å²) in [5.74, 6) is -0.608. The smallest absolute Gasteiger partial charge is 0.255 e. The van der Waals surface area contributed by atoms with Crippen molar-refractivity contribution in [1.82, 2.24) is 15.1 Å². The second kappa shape index (κ2) is 8.88. The molecule has 7 nitrogen and oxygen atoms in total. The SMILES string of the molecule is COc1ccc(CN2CCN(C(=O)[C@@H](C)NC(=O)c3ccoc3)CC2)cc1F. The van der Waals surface area contributed by atoms with Crippen molar-refractivity contribution in [2.45, 2.75) is 19.5 Å². The standard InChI is InChI=1S/C20H24FN3O4/c1-14(22-19(25)16-5-10-28-13-16)20(26)24-8-6-23(7-9-24)12-15-3-4-18(27-2)17(21)11-15/h3-5,10-11,13-14H,6-9,12H2,1-2H3,(H,22,25)/t14-/m1/s1. The van der Waals surface area contributed by atoms with Gasteiger partial charge in [0.15, 0.2) is 11.6 Å². The average molecular weight is 389 g/mol. The van der Waals surface area contributed by atoms with Crippen LogP contribution in [0.5, 0.6) is 5.75 Å². The Morgan fingerprint density at radius 3 is 2.61 bits per heavy atom. The summed E-state index contributed by atoms with van der Waals surface area (Å²) in [6, 6.07) is 5.86. The maximum atomic E-state index is 13.8. The van der Waals surface area contributed by atoms with E-state index < -0.39 is 6.04 Å². The number of nitrogens with zero attached hydrogens (tertiary/aromatic N) is 2. The van der Waals surface area contributed by atoms with E-state index in [9.17, 15) is 14.0 Å². The Labute approximate surface area is 163 Å². The zero-order valence-corrected chi connectivity index (χ0v) is 16.0. The van der Waals surface area contributed by atoms with Crippen LogP contribution in [-0.4, -0.2) is 60.9 Å². The van der Waals surface area contributed by atoms with Crippen LogP contribution in [0.3, 0.4) is 0 Å². The summed E-state index contributed by atoms with van der Waals surface area (Å²) in [6.45, 7) is 4.76. The molecule has 1 saturated heterocycles. The van der Waals surface area contributed by atoms with Crippen molar-refractivity contribution in [2.24, 2.45) is 0 Å². The molecular formula is C20H24FN3O4. The Morgan fingerprint density at radius 1 is 1.25 bits per heavy atom. The van der Waals surface area contributed by atoms with Crippen LogP contribution in [-0.2, 0) is 11.3 Å². The van der Waals surface area contributed by atoms with Gasteiger partial charge >= 0.3 is 0 Å². The molecule has 0 spiro atoms. The van der Waals surface area contributed by atoms with E-state index in [2.05, 4.69) is 10.2 Å². The highest BCUT2D eigenvalue weighted by Gasteiger charge is 2.26. The third-order valence-electron chi connectivity index (χ3n) is 4.81. The maximum Gasteiger partial charge on any atom is 0.255 e. The summed E-state index contributed by atoms with van der Waals surface area (Å²) in [6.07, 6.45) is 2.75. The lowest BCUT2D eigenvalue weighted by molar-refractivity contribution is -0.134. The van der Waals surface area contributed by atoms with Crippen molar-refractivity contribution < 1.29 is 23.1 Å². The molecule has 2 amide bonds. The molecular weight excluding hydrogens is 365 g/mol. The van der Waals surface area contributed by atoms with Gasteiger partial charge in [0, 0.05) is 32.7 Å². The summed E-state index contributed by atoms with van der Waals surface area (Å²) >= 11 is 0. The molecule has 0 unspecified atom stereocenters. The van der Waals surface area contributed by atoms with Crippen LogP contribution in [0.1, 0.15) is 22.8 Å². The normalized spacial score (nSPS) is 15.9. The Kier molecular flexibility index (Phi) is 6.30. The number of halogens is 1. The number of ether oxygens (including phenoxy) is 1. The molecule has 1 aliphatic heterocycles. The number of methoxy groups -OCH3 is 1. The lowest BCUT2D eigenvalue weighted by Crippen LogP contribution is -2.53. The van der Waals surface area contributed by atoms with Crippen molar-refractivity contribution >= 4 is 11.8 Å². The minimum atomic E-state index is -0.621. The van der Waals surface area contributed by atoms with Crippen LogP contribution in [0.25, 0.3) is 0 Å². The van der Waals surface area contributed by atoms with Crippen LogP contribution in [0.15, 0.2) is 41.2 Å². The first kappa shape index (κ1) is 19.9. The number of amides is 2. The predicted octanol–water partition coefficient (Wildman–Crippen LogP) is 1.89. The number of nitrogens with one attached hydrogen (secondary N) is 1. The Balaban J connectivity index is 1.48. The molecule has 0 radical (unpaired) electrons. The molecule has 1 aromatic heterocycles. The highest BCUT2D eigenvalue weighted by molar-refractivity contribution is 5.97. The maximum absolute atomic E-state index is 13.8. The first-order valence-electron chi connectivity index (χ1n) is 9.14. The minimum Gasteiger partial charge on any atom is -0.494 e. The number of carbonyl (C=O) groups is 2. The largest absolute Gasteiger partial charge is 0.494 e. The molecule has 3 rings (SSSR count). The van der Waals surface area contributed by atoms with Gasteiger partial charge in [-0.3, -0.25) is 14.5 Å². The third kappa shape index (κ3) is 4.69. The fraction of sp³-hybridized carbons (Fsp3) is 0.400. The Morgan fingerprint density at radius 2 is 2.00 bits per heavy atom.